The Bertz CT molecular complexity index is 658. The molecule has 1 aliphatic heterocycles. The molecule has 1 fully saturated rings. The van der Waals surface area contributed by atoms with E-state index in [9.17, 15) is 9.59 Å². The molecule has 1 aliphatic rings. The summed E-state index contributed by atoms with van der Waals surface area (Å²) in [6, 6.07) is 14.6. The molecule has 112 valence electrons. The zero-order chi connectivity index (χ0) is 15.4. The molecular formula is C17H18N3O2+. The number of hydrogen-bond donors (Lipinski definition) is 1. The number of rotatable bonds is 5. The predicted molar refractivity (Wildman–Crippen MR) is 82.1 cm³/mol. The van der Waals surface area contributed by atoms with Crippen LogP contribution in [0.5, 0.6) is 0 Å². The van der Waals surface area contributed by atoms with Crippen molar-refractivity contribution in [2.75, 3.05) is 11.4 Å². The Morgan fingerprint density at radius 1 is 1.09 bits per heavy atom. The van der Waals surface area contributed by atoms with Crippen LogP contribution in [0.4, 0.5) is 5.69 Å². The van der Waals surface area contributed by atoms with Crippen LogP contribution in [0.2, 0.25) is 0 Å². The van der Waals surface area contributed by atoms with Crippen molar-refractivity contribution in [1.82, 2.24) is 4.98 Å². The fourth-order valence-corrected chi connectivity index (χ4v) is 2.67. The highest BCUT2D eigenvalue weighted by atomic mass is 16.2. The summed E-state index contributed by atoms with van der Waals surface area (Å²) in [7, 11) is 0. The number of aromatic nitrogens is 1. The topological polar surface area (TPSA) is 66.9 Å². The van der Waals surface area contributed by atoms with Gasteiger partial charge in [-0.15, -0.1) is 0 Å². The van der Waals surface area contributed by atoms with Crippen LogP contribution in [0, 0.1) is 0 Å². The molecule has 2 heterocycles. The van der Waals surface area contributed by atoms with E-state index in [1.807, 2.05) is 41.7 Å². The van der Waals surface area contributed by atoms with E-state index in [1.165, 1.54) is 4.90 Å². The van der Waals surface area contributed by atoms with E-state index in [-0.39, 0.29) is 24.3 Å². The average Bonchev–Trinajstić information content (AvgIpc) is 2.83. The van der Waals surface area contributed by atoms with Gasteiger partial charge in [0.05, 0.1) is 18.7 Å². The smallest absolute Gasteiger partial charge is 0.292 e. The molecule has 2 N–H and O–H groups in total. The first-order chi connectivity index (χ1) is 10.8. The van der Waals surface area contributed by atoms with Gasteiger partial charge in [-0.25, -0.2) is 4.90 Å². The summed E-state index contributed by atoms with van der Waals surface area (Å²) in [5.74, 6) is -0.257. The van der Waals surface area contributed by atoms with Gasteiger partial charge in [0.25, 0.3) is 5.91 Å². The lowest BCUT2D eigenvalue weighted by atomic mass is 10.2. The van der Waals surface area contributed by atoms with E-state index in [4.69, 9.17) is 0 Å². The number of hydrogen-bond acceptors (Lipinski definition) is 3. The third kappa shape index (κ3) is 3.04. The van der Waals surface area contributed by atoms with E-state index in [1.54, 1.807) is 18.3 Å². The molecule has 2 aromatic rings. The highest BCUT2D eigenvalue weighted by Gasteiger charge is 2.41. The summed E-state index contributed by atoms with van der Waals surface area (Å²) in [6.07, 6.45) is 2.80. The van der Waals surface area contributed by atoms with Crippen molar-refractivity contribution in [3.63, 3.8) is 0 Å². The van der Waals surface area contributed by atoms with Gasteiger partial charge in [-0.3, -0.25) is 14.6 Å². The standard InChI is InChI=1S/C17H17N3O2/c21-16-12-15(19-11-9-13-6-4-5-10-18-13)17(22)20(16)14-7-2-1-3-8-14/h1-8,10,15,19H,9,11-12H2/p+1/t15-/m1/s1. The fourth-order valence-electron chi connectivity index (χ4n) is 2.67. The van der Waals surface area contributed by atoms with Crippen molar-refractivity contribution < 1.29 is 14.9 Å². The van der Waals surface area contributed by atoms with Crippen molar-refractivity contribution in [2.45, 2.75) is 18.9 Å². The van der Waals surface area contributed by atoms with Crippen LogP contribution in [0.25, 0.3) is 0 Å². The molecule has 0 saturated carbocycles. The summed E-state index contributed by atoms with van der Waals surface area (Å²) in [4.78, 5) is 30.1. The minimum absolute atomic E-state index is 0.128. The Labute approximate surface area is 129 Å². The third-order valence-corrected chi connectivity index (χ3v) is 3.77. The van der Waals surface area contributed by atoms with E-state index in [2.05, 4.69) is 4.98 Å². The van der Waals surface area contributed by atoms with E-state index >= 15 is 0 Å². The summed E-state index contributed by atoms with van der Waals surface area (Å²) in [6.45, 7) is 0.739. The van der Waals surface area contributed by atoms with E-state index in [0.29, 0.717) is 5.69 Å². The summed E-state index contributed by atoms with van der Waals surface area (Å²) < 4.78 is 0. The van der Waals surface area contributed by atoms with Crippen LogP contribution in [-0.2, 0) is 16.0 Å². The summed E-state index contributed by atoms with van der Waals surface area (Å²) in [5, 5.41) is 1.94. The van der Waals surface area contributed by atoms with Gasteiger partial charge in [0.15, 0.2) is 6.04 Å². The van der Waals surface area contributed by atoms with Crippen molar-refractivity contribution in [2.24, 2.45) is 0 Å². The highest BCUT2D eigenvalue weighted by Crippen LogP contribution is 2.20. The van der Waals surface area contributed by atoms with Gasteiger partial charge in [-0.1, -0.05) is 24.3 Å². The van der Waals surface area contributed by atoms with Crippen molar-refractivity contribution in [3.8, 4) is 0 Å². The second kappa shape index (κ2) is 6.49. The first-order valence-electron chi connectivity index (χ1n) is 7.41. The van der Waals surface area contributed by atoms with Gasteiger partial charge in [-0.2, -0.15) is 0 Å². The average molecular weight is 296 g/mol. The van der Waals surface area contributed by atoms with Gasteiger partial charge >= 0.3 is 0 Å². The van der Waals surface area contributed by atoms with Crippen LogP contribution >= 0.6 is 0 Å². The van der Waals surface area contributed by atoms with Crippen LogP contribution in [-0.4, -0.2) is 29.4 Å². The number of para-hydroxylation sites is 1. The van der Waals surface area contributed by atoms with Crippen LogP contribution < -0.4 is 10.2 Å². The maximum absolute atomic E-state index is 12.4. The molecule has 3 rings (SSSR count). The molecule has 1 saturated heterocycles. The zero-order valence-electron chi connectivity index (χ0n) is 12.2. The lowest BCUT2D eigenvalue weighted by Gasteiger charge is -2.13. The molecule has 1 aromatic heterocycles. The number of quaternary nitrogens is 1. The Morgan fingerprint density at radius 3 is 2.59 bits per heavy atom. The molecule has 5 heteroatoms. The van der Waals surface area contributed by atoms with Crippen molar-refractivity contribution in [3.05, 3.63) is 60.4 Å². The van der Waals surface area contributed by atoms with E-state index < -0.39 is 0 Å². The fraction of sp³-hybridized carbons (Fsp3) is 0.235. The molecule has 0 bridgehead atoms. The Kier molecular flexibility index (Phi) is 4.25. The van der Waals surface area contributed by atoms with Gasteiger partial charge < -0.3 is 5.32 Å². The maximum atomic E-state index is 12.4. The van der Waals surface area contributed by atoms with E-state index in [0.717, 1.165) is 18.7 Å². The molecule has 1 aromatic carbocycles. The van der Waals surface area contributed by atoms with Gasteiger partial charge in [0, 0.05) is 18.3 Å². The number of nitrogens with two attached hydrogens (primary N) is 1. The Balaban J connectivity index is 1.60. The molecule has 0 aliphatic carbocycles. The van der Waals surface area contributed by atoms with Crippen molar-refractivity contribution >= 4 is 17.5 Å². The third-order valence-electron chi connectivity index (χ3n) is 3.77. The minimum atomic E-state index is -0.323. The molecule has 5 nitrogen and oxygen atoms in total. The van der Waals surface area contributed by atoms with Gasteiger partial charge in [0.1, 0.15) is 0 Å². The lowest BCUT2D eigenvalue weighted by molar-refractivity contribution is -0.674. The first-order valence-corrected chi connectivity index (χ1v) is 7.41. The number of nitrogens with zero attached hydrogens (tertiary/aromatic N) is 2. The quantitative estimate of drug-likeness (QED) is 0.818. The molecule has 0 spiro atoms. The second-order valence-electron chi connectivity index (χ2n) is 5.31. The maximum Gasteiger partial charge on any atom is 0.292 e. The van der Waals surface area contributed by atoms with Crippen LogP contribution in [0.1, 0.15) is 12.1 Å². The molecule has 1 atom stereocenters. The molecule has 22 heavy (non-hydrogen) atoms. The SMILES string of the molecule is O=C1C[C@@H]([NH2+]CCc2ccccn2)C(=O)N1c1ccccc1. The van der Waals surface area contributed by atoms with Gasteiger partial charge in [0.2, 0.25) is 5.91 Å². The highest BCUT2D eigenvalue weighted by molar-refractivity contribution is 6.21. The summed E-state index contributed by atoms with van der Waals surface area (Å²) >= 11 is 0. The van der Waals surface area contributed by atoms with Gasteiger partial charge in [-0.05, 0) is 24.3 Å². The zero-order valence-corrected chi connectivity index (χ0v) is 12.2. The first kappa shape index (κ1) is 14.4. The number of carbonyl (C=O) groups is 2. The Morgan fingerprint density at radius 2 is 1.86 bits per heavy atom. The number of anilines is 1. The molecular weight excluding hydrogens is 278 g/mol. The largest absolute Gasteiger partial charge is 0.335 e. The Hall–Kier alpha value is -2.53. The molecule has 2 amide bonds. The lowest BCUT2D eigenvalue weighted by Crippen LogP contribution is -2.92. The van der Waals surface area contributed by atoms with Crippen LogP contribution in [0.3, 0.4) is 0 Å². The number of pyridine rings is 1. The van der Waals surface area contributed by atoms with Crippen LogP contribution in [0.15, 0.2) is 54.7 Å². The van der Waals surface area contributed by atoms with Crippen molar-refractivity contribution in [1.29, 1.82) is 0 Å². The molecule has 0 radical (unpaired) electrons. The number of benzene rings is 1. The second-order valence-corrected chi connectivity index (χ2v) is 5.31. The molecule has 0 unspecified atom stereocenters. The summed E-state index contributed by atoms with van der Waals surface area (Å²) in [5.41, 5.74) is 1.65. The number of amides is 2. The minimum Gasteiger partial charge on any atom is -0.335 e. The normalized spacial score (nSPS) is 18.0. The monoisotopic (exact) mass is 296 g/mol. The predicted octanol–water partition coefficient (Wildman–Crippen LogP) is 0.520. The number of carbonyl (C=O) groups excluding carboxylic acids is 2. The number of imide groups is 1.